The Labute approximate surface area is 129 Å². The number of hydrogen-bond donors (Lipinski definition) is 1. The molecule has 2 aliphatic rings. The normalized spacial score (nSPS) is 25.7. The Hall–Kier alpha value is -2.04. The molecule has 0 unspecified atom stereocenters. The Morgan fingerprint density at radius 3 is 2.41 bits per heavy atom. The van der Waals surface area contributed by atoms with Gasteiger partial charge in [0.1, 0.15) is 5.75 Å². The lowest BCUT2D eigenvalue weighted by Crippen LogP contribution is -2.37. The molecule has 1 aromatic rings. The van der Waals surface area contributed by atoms with Gasteiger partial charge in [-0.1, -0.05) is 25.0 Å². The zero-order chi connectivity index (χ0) is 15.7. The topological polar surface area (TPSA) is 66.8 Å². The summed E-state index contributed by atoms with van der Waals surface area (Å²) in [6.07, 6.45) is 4.28. The minimum atomic E-state index is -0.894. The van der Waals surface area contributed by atoms with Crippen molar-refractivity contribution in [2.45, 2.75) is 44.2 Å². The van der Waals surface area contributed by atoms with Crippen LogP contribution in [-0.4, -0.2) is 35.0 Å². The maximum atomic E-state index is 12.4. The summed E-state index contributed by atoms with van der Waals surface area (Å²) in [5.74, 6) is -0.858. The summed E-state index contributed by atoms with van der Waals surface area (Å²) in [6.45, 7) is 0. The largest absolute Gasteiger partial charge is 0.497 e. The molecule has 0 radical (unpaired) electrons. The van der Waals surface area contributed by atoms with Crippen LogP contribution in [0.1, 0.15) is 43.7 Å². The lowest BCUT2D eigenvalue weighted by Gasteiger charge is -2.32. The number of hydrogen-bond acceptors (Lipinski definition) is 3. The number of nitrogens with zero attached hydrogens (tertiary/aromatic N) is 1. The summed E-state index contributed by atoms with van der Waals surface area (Å²) >= 11 is 0. The Bertz CT molecular complexity index is 563. The van der Waals surface area contributed by atoms with E-state index in [-0.39, 0.29) is 24.4 Å². The Balaban J connectivity index is 1.95. The Kier molecular flexibility index (Phi) is 4.05. The molecule has 0 bridgehead atoms. The zero-order valence-corrected chi connectivity index (χ0v) is 12.7. The van der Waals surface area contributed by atoms with Crippen molar-refractivity contribution in [3.05, 3.63) is 29.8 Å². The molecule has 0 spiro atoms. The molecule has 22 heavy (non-hydrogen) atoms. The molecular formula is C17H21NO4. The Morgan fingerprint density at radius 1 is 1.23 bits per heavy atom. The summed E-state index contributed by atoms with van der Waals surface area (Å²) < 4.78 is 5.16. The third-order valence-electron chi connectivity index (χ3n) is 4.86. The third kappa shape index (κ3) is 2.56. The minimum Gasteiger partial charge on any atom is -0.497 e. The van der Waals surface area contributed by atoms with Crippen molar-refractivity contribution in [2.75, 3.05) is 7.11 Å². The van der Waals surface area contributed by atoms with Crippen LogP contribution in [0, 0.1) is 5.92 Å². The average Bonchev–Trinajstić information content (AvgIpc) is 3.14. The number of carbonyl (C=O) groups is 2. The van der Waals surface area contributed by atoms with E-state index in [0.717, 1.165) is 37.0 Å². The quantitative estimate of drug-likeness (QED) is 0.928. The van der Waals surface area contributed by atoms with Crippen LogP contribution in [0.5, 0.6) is 5.75 Å². The summed E-state index contributed by atoms with van der Waals surface area (Å²) in [7, 11) is 1.60. The van der Waals surface area contributed by atoms with Crippen LogP contribution in [0.3, 0.4) is 0 Å². The first kappa shape index (κ1) is 14.9. The molecule has 1 aliphatic carbocycles. The van der Waals surface area contributed by atoms with Crippen LogP contribution in [0.4, 0.5) is 0 Å². The fourth-order valence-corrected chi connectivity index (χ4v) is 3.78. The van der Waals surface area contributed by atoms with Gasteiger partial charge in [0.25, 0.3) is 0 Å². The molecule has 1 amide bonds. The maximum Gasteiger partial charge on any atom is 0.309 e. The molecule has 3 rings (SSSR count). The predicted octanol–water partition coefficient (Wildman–Crippen LogP) is 2.61. The zero-order valence-electron chi connectivity index (χ0n) is 12.7. The van der Waals surface area contributed by atoms with Crippen molar-refractivity contribution in [1.82, 2.24) is 4.90 Å². The van der Waals surface area contributed by atoms with Crippen molar-refractivity contribution in [1.29, 1.82) is 0 Å². The van der Waals surface area contributed by atoms with E-state index in [4.69, 9.17) is 4.74 Å². The molecule has 1 saturated carbocycles. The molecule has 2 atom stereocenters. The van der Waals surface area contributed by atoms with Crippen LogP contribution in [0.15, 0.2) is 24.3 Å². The van der Waals surface area contributed by atoms with E-state index in [1.807, 2.05) is 29.2 Å². The molecule has 118 valence electrons. The molecule has 1 saturated heterocycles. The number of benzene rings is 1. The van der Waals surface area contributed by atoms with Crippen molar-refractivity contribution in [3.63, 3.8) is 0 Å². The van der Waals surface area contributed by atoms with Gasteiger partial charge in [-0.05, 0) is 30.5 Å². The number of likely N-dealkylation sites (tertiary alicyclic amines) is 1. The average molecular weight is 303 g/mol. The number of ether oxygens (including phenoxy) is 1. The highest BCUT2D eigenvalue weighted by atomic mass is 16.5. The number of methoxy groups -OCH3 is 1. The highest BCUT2D eigenvalue weighted by molar-refractivity contribution is 5.87. The number of carbonyl (C=O) groups excluding carboxylic acids is 1. The second-order valence-corrected chi connectivity index (χ2v) is 6.11. The van der Waals surface area contributed by atoms with E-state index in [0.29, 0.717) is 0 Å². The second-order valence-electron chi connectivity index (χ2n) is 6.11. The maximum absolute atomic E-state index is 12.4. The molecule has 2 fully saturated rings. The predicted molar refractivity (Wildman–Crippen MR) is 80.6 cm³/mol. The van der Waals surface area contributed by atoms with Gasteiger partial charge in [-0.2, -0.15) is 0 Å². The third-order valence-corrected chi connectivity index (χ3v) is 4.86. The highest BCUT2D eigenvalue weighted by Gasteiger charge is 2.47. The lowest BCUT2D eigenvalue weighted by molar-refractivity contribution is -0.142. The summed E-state index contributed by atoms with van der Waals surface area (Å²) in [5, 5.41) is 9.52. The van der Waals surface area contributed by atoms with E-state index in [2.05, 4.69) is 0 Å². The molecular weight excluding hydrogens is 282 g/mol. The van der Waals surface area contributed by atoms with E-state index in [1.54, 1.807) is 7.11 Å². The van der Waals surface area contributed by atoms with Crippen molar-refractivity contribution >= 4 is 11.9 Å². The van der Waals surface area contributed by atoms with Gasteiger partial charge in [0, 0.05) is 12.5 Å². The van der Waals surface area contributed by atoms with E-state index >= 15 is 0 Å². The lowest BCUT2D eigenvalue weighted by atomic mass is 9.93. The molecule has 5 nitrogen and oxygen atoms in total. The molecule has 1 aliphatic heterocycles. The van der Waals surface area contributed by atoms with Crippen molar-refractivity contribution in [3.8, 4) is 5.75 Å². The number of carboxylic acids is 1. The highest BCUT2D eigenvalue weighted by Crippen LogP contribution is 2.43. The fourth-order valence-electron chi connectivity index (χ4n) is 3.78. The number of aliphatic carboxylic acids is 1. The van der Waals surface area contributed by atoms with E-state index in [9.17, 15) is 14.7 Å². The van der Waals surface area contributed by atoms with Gasteiger partial charge in [-0.3, -0.25) is 9.59 Å². The standard InChI is InChI=1S/C17H21NO4/c1-22-13-8-6-11(7-9-13)16-14(17(20)21)10-15(19)18(16)12-4-2-3-5-12/h6-9,12,14,16H,2-5,10H2,1H3,(H,20,21)/t14-,16+/m1/s1. The number of amides is 1. The van der Waals surface area contributed by atoms with Crippen LogP contribution in [0.25, 0.3) is 0 Å². The number of carboxylic acid groups (broad SMARTS) is 1. The first-order valence-electron chi connectivity index (χ1n) is 7.79. The smallest absolute Gasteiger partial charge is 0.309 e. The van der Waals surface area contributed by atoms with Gasteiger partial charge in [0.05, 0.1) is 19.1 Å². The van der Waals surface area contributed by atoms with Crippen LogP contribution < -0.4 is 4.74 Å². The SMILES string of the molecule is COc1ccc([C@H]2[C@H](C(=O)O)CC(=O)N2C2CCCC2)cc1. The molecule has 5 heteroatoms. The van der Waals surface area contributed by atoms with Crippen LogP contribution in [0.2, 0.25) is 0 Å². The van der Waals surface area contributed by atoms with E-state index in [1.165, 1.54) is 0 Å². The van der Waals surface area contributed by atoms with Crippen LogP contribution >= 0.6 is 0 Å². The number of rotatable bonds is 4. The molecule has 1 aromatic carbocycles. The van der Waals surface area contributed by atoms with Gasteiger partial charge in [0.15, 0.2) is 0 Å². The Morgan fingerprint density at radius 2 is 1.86 bits per heavy atom. The first-order valence-corrected chi connectivity index (χ1v) is 7.79. The summed E-state index contributed by atoms with van der Waals surface area (Å²) in [5.41, 5.74) is 0.881. The van der Waals surface area contributed by atoms with Crippen molar-refractivity contribution in [2.24, 2.45) is 5.92 Å². The van der Waals surface area contributed by atoms with Crippen molar-refractivity contribution < 1.29 is 19.4 Å². The minimum absolute atomic E-state index is 0.0277. The van der Waals surface area contributed by atoms with Crippen LogP contribution in [-0.2, 0) is 9.59 Å². The molecule has 0 aromatic heterocycles. The summed E-state index contributed by atoms with van der Waals surface area (Å²) in [6, 6.07) is 7.22. The van der Waals surface area contributed by atoms with E-state index < -0.39 is 11.9 Å². The second kappa shape index (κ2) is 5.99. The molecule has 1 N–H and O–H groups in total. The monoisotopic (exact) mass is 303 g/mol. The summed E-state index contributed by atoms with van der Waals surface area (Å²) in [4.78, 5) is 25.9. The van der Waals surface area contributed by atoms with Gasteiger partial charge < -0.3 is 14.7 Å². The van der Waals surface area contributed by atoms with Gasteiger partial charge in [0.2, 0.25) is 5.91 Å². The van der Waals surface area contributed by atoms with Gasteiger partial charge in [-0.25, -0.2) is 0 Å². The fraction of sp³-hybridized carbons (Fsp3) is 0.529. The van der Waals surface area contributed by atoms with Gasteiger partial charge in [-0.15, -0.1) is 0 Å². The van der Waals surface area contributed by atoms with Gasteiger partial charge >= 0.3 is 5.97 Å². The first-order chi connectivity index (χ1) is 10.6. The molecule has 1 heterocycles.